The van der Waals surface area contributed by atoms with Crippen molar-refractivity contribution in [3.8, 4) is 11.5 Å². The summed E-state index contributed by atoms with van der Waals surface area (Å²) in [5, 5.41) is 9.35. The lowest BCUT2D eigenvalue weighted by Crippen LogP contribution is -2.18. The predicted molar refractivity (Wildman–Crippen MR) is 58.8 cm³/mol. The predicted octanol–water partition coefficient (Wildman–Crippen LogP) is 2.37. The number of hydrogen-bond acceptors (Lipinski definition) is 3. The van der Waals surface area contributed by atoms with E-state index in [0.717, 1.165) is 0 Å². The number of rotatable bonds is 2. The van der Waals surface area contributed by atoms with Crippen LogP contribution in [-0.2, 0) is 6.42 Å². The lowest BCUT2D eigenvalue weighted by Gasteiger charge is -2.22. The summed E-state index contributed by atoms with van der Waals surface area (Å²) < 4.78 is 10.8. The van der Waals surface area contributed by atoms with E-state index in [0.29, 0.717) is 36.7 Å². The van der Waals surface area contributed by atoms with Crippen LogP contribution in [0.4, 0.5) is 0 Å². The van der Waals surface area contributed by atoms with Gasteiger partial charge in [0.25, 0.3) is 0 Å². The standard InChI is InChI=1S/C11H11ClO4/c1-2-6-7(11(13)14)5-8(12)10-9(6)15-3-4-16-10/h5H,2-4H2,1H3,(H,13,14). The Hall–Kier alpha value is -1.42. The fourth-order valence-corrected chi connectivity index (χ4v) is 2.01. The number of carboxylic acids is 1. The molecule has 1 N–H and O–H groups in total. The Morgan fingerprint density at radius 3 is 2.62 bits per heavy atom. The lowest BCUT2D eigenvalue weighted by molar-refractivity contribution is 0.0694. The molecular weight excluding hydrogens is 232 g/mol. The molecule has 0 saturated carbocycles. The first-order valence-corrected chi connectivity index (χ1v) is 5.37. The van der Waals surface area contributed by atoms with Crippen molar-refractivity contribution in [1.82, 2.24) is 0 Å². The SMILES string of the molecule is CCc1c(C(=O)O)cc(Cl)c2c1OCCO2. The van der Waals surface area contributed by atoms with Crippen LogP contribution < -0.4 is 9.47 Å². The van der Waals surface area contributed by atoms with Crippen LogP contribution >= 0.6 is 11.6 Å². The smallest absolute Gasteiger partial charge is 0.336 e. The van der Waals surface area contributed by atoms with Gasteiger partial charge in [-0.3, -0.25) is 0 Å². The number of benzene rings is 1. The summed E-state index contributed by atoms with van der Waals surface area (Å²) in [7, 11) is 0. The highest BCUT2D eigenvalue weighted by atomic mass is 35.5. The van der Waals surface area contributed by atoms with Gasteiger partial charge in [-0.05, 0) is 12.5 Å². The number of carboxylic acid groups (broad SMARTS) is 1. The summed E-state index contributed by atoms with van der Waals surface area (Å²) in [6.07, 6.45) is 0.560. The van der Waals surface area contributed by atoms with E-state index in [1.54, 1.807) is 0 Å². The number of carbonyl (C=O) groups is 1. The number of hydrogen-bond donors (Lipinski definition) is 1. The van der Waals surface area contributed by atoms with Crippen molar-refractivity contribution in [3.63, 3.8) is 0 Å². The molecule has 0 unspecified atom stereocenters. The summed E-state index contributed by atoms with van der Waals surface area (Å²) in [5.74, 6) is -0.0795. The van der Waals surface area contributed by atoms with Crippen molar-refractivity contribution in [1.29, 1.82) is 0 Å². The summed E-state index contributed by atoms with van der Waals surface area (Å²) in [5.41, 5.74) is 0.809. The number of fused-ring (bicyclic) bond motifs is 1. The molecule has 0 amide bonds. The molecule has 16 heavy (non-hydrogen) atoms. The zero-order valence-corrected chi connectivity index (χ0v) is 9.50. The molecule has 1 aromatic carbocycles. The van der Waals surface area contributed by atoms with Crippen molar-refractivity contribution in [2.75, 3.05) is 13.2 Å². The largest absolute Gasteiger partial charge is 0.486 e. The highest BCUT2D eigenvalue weighted by molar-refractivity contribution is 6.32. The lowest BCUT2D eigenvalue weighted by atomic mass is 10.0. The van der Waals surface area contributed by atoms with Crippen molar-refractivity contribution in [2.24, 2.45) is 0 Å². The van der Waals surface area contributed by atoms with Gasteiger partial charge >= 0.3 is 5.97 Å². The summed E-state index contributed by atoms with van der Waals surface area (Å²) in [6.45, 7) is 2.72. The Labute approximate surface area is 97.7 Å². The summed E-state index contributed by atoms with van der Waals surface area (Å²) >= 11 is 5.95. The Balaban J connectivity index is 2.66. The van der Waals surface area contributed by atoms with Crippen LogP contribution in [0.25, 0.3) is 0 Å². The van der Waals surface area contributed by atoms with Gasteiger partial charge in [-0.1, -0.05) is 18.5 Å². The van der Waals surface area contributed by atoms with Gasteiger partial charge in [0, 0.05) is 5.56 Å². The third-order valence-electron chi connectivity index (χ3n) is 2.45. The van der Waals surface area contributed by atoms with Gasteiger partial charge in [-0.15, -0.1) is 0 Å². The molecule has 0 aromatic heterocycles. The summed E-state index contributed by atoms with van der Waals surface area (Å²) in [6, 6.07) is 1.41. The fraction of sp³-hybridized carbons (Fsp3) is 0.364. The van der Waals surface area contributed by atoms with Crippen molar-refractivity contribution >= 4 is 17.6 Å². The average molecular weight is 243 g/mol. The Kier molecular flexibility index (Phi) is 2.92. The van der Waals surface area contributed by atoms with E-state index < -0.39 is 5.97 Å². The minimum atomic E-state index is -1.00. The second-order valence-corrected chi connectivity index (χ2v) is 3.81. The number of ether oxygens (including phenoxy) is 2. The van der Waals surface area contributed by atoms with E-state index in [1.165, 1.54) is 6.07 Å². The molecule has 0 aliphatic carbocycles. The Bertz CT molecular complexity index is 442. The normalized spacial score (nSPS) is 13.6. The molecule has 0 atom stereocenters. The second kappa shape index (κ2) is 4.22. The van der Waals surface area contributed by atoms with E-state index in [9.17, 15) is 4.79 Å². The Morgan fingerprint density at radius 1 is 1.44 bits per heavy atom. The molecule has 0 spiro atoms. The molecule has 4 nitrogen and oxygen atoms in total. The molecule has 0 bridgehead atoms. The minimum absolute atomic E-state index is 0.178. The third kappa shape index (κ3) is 1.69. The van der Waals surface area contributed by atoms with Gasteiger partial charge in [0.15, 0.2) is 11.5 Å². The van der Waals surface area contributed by atoms with E-state index in [-0.39, 0.29) is 10.6 Å². The zero-order valence-electron chi connectivity index (χ0n) is 8.75. The van der Waals surface area contributed by atoms with Crippen molar-refractivity contribution in [2.45, 2.75) is 13.3 Å². The first kappa shape index (κ1) is 11.1. The molecule has 0 radical (unpaired) electrons. The van der Waals surface area contributed by atoms with Gasteiger partial charge < -0.3 is 14.6 Å². The Morgan fingerprint density at radius 2 is 2.06 bits per heavy atom. The highest BCUT2D eigenvalue weighted by Crippen LogP contribution is 2.42. The number of aromatic carboxylic acids is 1. The van der Waals surface area contributed by atoms with Crippen LogP contribution in [0.5, 0.6) is 11.5 Å². The number of halogens is 1. The average Bonchev–Trinajstić information content (AvgIpc) is 2.29. The molecule has 1 aliphatic heterocycles. The molecular formula is C11H11ClO4. The van der Waals surface area contributed by atoms with E-state index >= 15 is 0 Å². The van der Waals surface area contributed by atoms with E-state index in [1.807, 2.05) is 6.92 Å². The monoisotopic (exact) mass is 242 g/mol. The first-order valence-electron chi connectivity index (χ1n) is 4.99. The van der Waals surface area contributed by atoms with Crippen molar-refractivity contribution in [3.05, 3.63) is 22.2 Å². The van der Waals surface area contributed by atoms with E-state index in [4.69, 9.17) is 26.2 Å². The molecule has 1 aromatic rings. The minimum Gasteiger partial charge on any atom is -0.486 e. The quantitative estimate of drug-likeness (QED) is 0.865. The van der Waals surface area contributed by atoms with Gasteiger partial charge in [-0.2, -0.15) is 0 Å². The van der Waals surface area contributed by atoms with Crippen LogP contribution in [0, 0.1) is 0 Å². The van der Waals surface area contributed by atoms with E-state index in [2.05, 4.69) is 0 Å². The van der Waals surface area contributed by atoms with Crippen LogP contribution in [0.2, 0.25) is 5.02 Å². The molecule has 1 aliphatic rings. The van der Waals surface area contributed by atoms with Crippen LogP contribution in [0.3, 0.4) is 0 Å². The first-order chi connectivity index (χ1) is 7.65. The maximum atomic E-state index is 11.1. The van der Waals surface area contributed by atoms with Crippen molar-refractivity contribution < 1.29 is 19.4 Å². The van der Waals surface area contributed by atoms with Gasteiger partial charge in [0.05, 0.1) is 10.6 Å². The molecule has 1 heterocycles. The molecule has 86 valence electrons. The topological polar surface area (TPSA) is 55.8 Å². The molecule has 0 fully saturated rings. The molecule has 2 rings (SSSR count). The van der Waals surface area contributed by atoms with Crippen LogP contribution in [0.15, 0.2) is 6.07 Å². The summed E-state index contributed by atoms with van der Waals surface area (Å²) in [4.78, 5) is 11.1. The second-order valence-electron chi connectivity index (χ2n) is 3.40. The maximum Gasteiger partial charge on any atom is 0.336 e. The zero-order chi connectivity index (χ0) is 11.7. The molecule has 5 heteroatoms. The third-order valence-corrected chi connectivity index (χ3v) is 2.73. The van der Waals surface area contributed by atoms with Gasteiger partial charge in [0.2, 0.25) is 0 Å². The van der Waals surface area contributed by atoms with Crippen LogP contribution in [0.1, 0.15) is 22.8 Å². The fourth-order valence-electron chi connectivity index (χ4n) is 1.76. The maximum absolute atomic E-state index is 11.1. The van der Waals surface area contributed by atoms with Gasteiger partial charge in [-0.25, -0.2) is 4.79 Å². The molecule has 0 saturated heterocycles. The van der Waals surface area contributed by atoms with Gasteiger partial charge in [0.1, 0.15) is 13.2 Å². The van der Waals surface area contributed by atoms with Crippen LogP contribution in [-0.4, -0.2) is 24.3 Å². The highest BCUT2D eigenvalue weighted by Gasteiger charge is 2.24.